The van der Waals surface area contributed by atoms with E-state index in [4.69, 9.17) is 18.9 Å². The highest BCUT2D eigenvalue weighted by atomic mass is 16.6. The van der Waals surface area contributed by atoms with E-state index in [9.17, 15) is 24.3 Å². The number of anilines is 1. The number of carbonyl (C=O) groups is 4. The average Bonchev–Trinajstić information content (AvgIpc) is 3.46. The zero-order chi connectivity index (χ0) is 33.1. The molecular formula is C35H39N3O9. The number of hydrogen-bond donors (Lipinski definition) is 2. The number of aliphatic hydroxyl groups is 1. The Morgan fingerprint density at radius 1 is 1.00 bits per heavy atom. The smallest absolute Gasteiger partial charge is 0.313 e. The lowest BCUT2D eigenvalue weighted by atomic mass is 9.77. The highest BCUT2D eigenvalue weighted by Gasteiger charge is 2.71. The first-order valence-electron chi connectivity index (χ1n) is 15.8. The van der Waals surface area contributed by atoms with Gasteiger partial charge in [0.1, 0.15) is 29.4 Å². The molecule has 0 radical (unpaired) electrons. The Morgan fingerprint density at radius 2 is 1.77 bits per heavy atom. The van der Waals surface area contributed by atoms with E-state index in [0.29, 0.717) is 23.4 Å². The maximum absolute atomic E-state index is 14.5. The minimum atomic E-state index is -1.52. The Labute approximate surface area is 272 Å². The first-order valence-corrected chi connectivity index (χ1v) is 15.8. The van der Waals surface area contributed by atoms with Gasteiger partial charge >= 0.3 is 5.97 Å². The zero-order valence-corrected chi connectivity index (χ0v) is 26.3. The first-order chi connectivity index (χ1) is 22.8. The number of nitrogens with zero attached hydrogens (tertiary/aromatic N) is 2. The minimum absolute atomic E-state index is 0.0656. The largest absolute Gasteiger partial charge is 0.497 e. The topological polar surface area (TPSA) is 144 Å². The number of carbonyl (C=O) groups excluding carboxylic acids is 4. The third kappa shape index (κ3) is 5.92. The Kier molecular flexibility index (Phi) is 9.44. The van der Waals surface area contributed by atoms with Crippen LogP contribution in [0.1, 0.15) is 24.5 Å². The fraction of sp³-hybridized carbons (Fsp3) is 0.429. The molecule has 3 amide bonds. The third-order valence-corrected chi connectivity index (χ3v) is 9.28. The molecule has 6 rings (SSSR count). The Bertz CT molecular complexity index is 1550. The van der Waals surface area contributed by atoms with Crippen molar-refractivity contribution < 1.29 is 43.2 Å². The van der Waals surface area contributed by atoms with Gasteiger partial charge in [-0.25, -0.2) is 0 Å². The SMILES string of the molecule is COC[C@@H]1NC(=O)CC/C=C\[C@@H]2O[C@@]34C=CCN(c5ccc(OC)cc5)C(=O)[C@@H]3N(CCO)C(=O)[C@H]4[C@@H]2C(=O)O[C@H]1c1ccccc1. The van der Waals surface area contributed by atoms with Gasteiger partial charge in [-0.1, -0.05) is 54.6 Å². The summed E-state index contributed by atoms with van der Waals surface area (Å²) in [5.74, 6) is -3.45. The van der Waals surface area contributed by atoms with E-state index in [1.807, 2.05) is 6.07 Å². The Morgan fingerprint density at radius 3 is 2.47 bits per heavy atom. The maximum atomic E-state index is 14.5. The molecule has 0 aromatic heterocycles. The van der Waals surface area contributed by atoms with Gasteiger partial charge < -0.3 is 39.2 Å². The molecule has 2 saturated heterocycles. The van der Waals surface area contributed by atoms with E-state index in [1.54, 1.807) is 84.8 Å². The van der Waals surface area contributed by atoms with Crippen LogP contribution in [-0.2, 0) is 33.4 Å². The van der Waals surface area contributed by atoms with Crippen LogP contribution in [0.25, 0.3) is 0 Å². The van der Waals surface area contributed by atoms with Gasteiger partial charge in [-0.2, -0.15) is 0 Å². The van der Waals surface area contributed by atoms with Gasteiger partial charge in [0.15, 0.2) is 0 Å². The van der Waals surface area contributed by atoms with Crippen LogP contribution in [0.4, 0.5) is 5.69 Å². The lowest BCUT2D eigenvalue weighted by molar-refractivity contribution is -0.162. The highest BCUT2D eigenvalue weighted by Crippen LogP contribution is 2.53. The van der Waals surface area contributed by atoms with Crippen LogP contribution in [0.3, 0.4) is 0 Å². The molecule has 4 aliphatic heterocycles. The van der Waals surface area contributed by atoms with E-state index >= 15 is 0 Å². The van der Waals surface area contributed by atoms with Crippen LogP contribution in [0.2, 0.25) is 0 Å². The molecule has 0 aliphatic carbocycles. The van der Waals surface area contributed by atoms with Crippen LogP contribution in [0.15, 0.2) is 78.9 Å². The zero-order valence-electron chi connectivity index (χ0n) is 26.3. The summed E-state index contributed by atoms with van der Waals surface area (Å²) in [6.45, 7) is -0.260. The lowest BCUT2D eigenvalue weighted by Gasteiger charge is -2.35. The standard InChI is InChI=1S/C35H39N3O9/c1-44-21-25-30(22-9-4-3-5-10-22)46-34(43)28-26(11-6-7-12-27(40)36-25)47-35-17-8-18-37(23-13-15-24(45-2)16-14-23)33(42)31(35)38(19-20-39)32(41)29(28)35/h3-6,8-11,13-17,25-26,28-31,39H,7,12,18-21H2,1-2H3,(H,36,40)/b11-6-/t25-,26-,28+,29+,30-,31-,35+/m0/s1. The molecule has 4 heterocycles. The minimum Gasteiger partial charge on any atom is -0.497 e. The fourth-order valence-corrected chi connectivity index (χ4v) is 7.23. The van der Waals surface area contributed by atoms with Gasteiger partial charge in [-0.15, -0.1) is 0 Å². The van der Waals surface area contributed by atoms with Crippen LogP contribution >= 0.6 is 0 Å². The normalized spacial score (nSPS) is 31.5. The lowest BCUT2D eigenvalue weighted by Crippen LogP contribution is -2.55. The number of benzene rings is 2. The summed E-state index contributed by atoms with van der Waals surface area (Å²) in [5.41, 5.74) is -0.294. The van der Waals surface area contributed by atoms with E-state index in [-0.39, 0.29) is 32.0 Å². The van der Waals surface area contributed by atoms with Crippen molar-refractivity contribution in [2.24, 2.45) is 11.8 Å². The monoisotopic (exact) mass is 645 g/mol. The van der Waals surface area contributed by atoms with Gasteiger partial charge in [0.05, 0.1) is 38.4 Å². The second kappa shape index (κ2) is 13.7. The summed E-state index contributed by atoms with van der Waals surface area (Å²) < 4.78 is 23.6. The number of amides is 3. The van der Waals surface area contributed by atoms with E-state index < -0.39 is 66.1 Å². The van der Waals surface area contributed by atoms with E-state index in [1.165, 1.54) is 12.0 Å². The molecule has 2 aromatic carbocycles. The van der Waals surface area contributed by atoms with Crippen molar-refractivity contribution in [1.29, 1.82) is 0 Å². The first kappa shape index (κ1) is 32.4. The summed E-state index contributed by atoms with van der Waals surface area (Å²) in [5, 5.41) is 13.0. The molecule has 2 N–H and O–H groups in total. The van der Waals surface area contributed by atoms with Crippen molar-refractivity contribution in [2.75, 3.05) is 45.4 Å². The molecule has 0 bridgehead atoms. The van der Waals surface area contributed by atoms with Gasteiger partial charge in [0.2, 0.25) is 11.8 Å². The Hall–Kier alpha value is -4.52. The Balaban J connectivity index is 1.42. The molecule has 1 spiro atoms. The summed E-state index contributed by atoms with van der Waals surface area (Å²) in [4.78, 5) is 59.0. The third-order valence-electron chi connectivity index (χ3n) is 9.28. The number of fused-ring (bicyclic) bond motifs is 2. The number of allylic oxidation sites excluding steroid dienone is 1. The molecule has 2 fully saturated rings. The molecule has 12 heteroatoms. The van der Waals surface area contributed by atoms with E-state index in [0.717, 1.165) is 0 Å². The van der Waals surface area contributed by atoms with Gasteiger partial charge in [0.25, 0.3) is 5.91 Å². The average molecular weight is 646 g/mol. The quantitative estimate of drug-likeness (QED) is 0.341. The summed E-state index contributed by atoms with van der Waals surface area (Å²) >= 11 is 0. The molecule has 12 nitrogen and oxygen atoms in total. The number of β-amino-alcohol motifs (C(OH)–C–C–N with tert-alkyl or cyclic N) is 1. The van der Waals surface area contributed by atoms with Crippen LogP contribution in [0.5, 0.6) is 5.75 Å². The fourth-order valence-electron chi connectivity index (χ4n) is 7.23. The highest BCUT2D eigenvalue weighted by molar-refractivity contribution is 6.05. The number of cyclic esters (lactones) is 1. The molecule has 0 saturated carbocycles. The van der Waals surface area contributed by atoms with Crippen LogP contribution in [-0.4, -0.2) is 98.0 Å². The molecule has 2 aromatic rings. The predicted octanol–water partition coefficient (Wildman–Crippen LogP) is 1.94. The van der Waals surface area contributed by atoms with Crippen LogP contribution < -0.4 is 15.0 Å². The summed E-state index contributed by atoms with van der Waals surface area (Å²) in [6.07, 6.45) is 5.58. The van der Waals surface area contributed by atoms with Crippen molar-refractivity contribution in [3.05, 3.63) is 84.5 Å². The number of ether oxygens (including phenoxy) is 4. The van der Waals surface area contributed by atoms with Gasteiger partial charge in [-0.3, -0.25) is 19.2 Å². The molecule has 0 unspecified atom stereocenters. The van der Waals surface area contributed by atoms with Crippen molar-refractivity contribution in [3.63, 3.8) is 0 Å². The number of nitrogens with one attached hydrogen (secondary N) is 1. The molecule has 4 aliphatic rings. The summed E-state index contributed by atoms with van der Waals surface area (Å²) in [7, 11) is 3.05. The predicted molar refractivity (Wildman–Crippen MR) is 169 cm³/mol. The van der Waals surface area contributed by atoms with E-state index in [2.05, 4.69) is 5.32 Å². The van der Waals surface area contributed by atoms with Gasteiger partial charge in [-0.05, 0) is 36.2 Å². The van der Waals surface area contributed by atoms with Crippen molar-refractivity contribution in [3.8, 4) is 5.75 Å². The number of esters is 1. The van der Waals surface area contributed by atoms with Crippen molar-refractivity contribution >= 4 is 29.4 Å². The number of aliphatic hydroxyl groups excluding tert-OH is 1. The second-order valence-corrected chi connectivity index (χ2v) is 12.0. The van der Waals surface area contributed by atoms with Crippen LogP contribution in [0, 0.1) is 11.8 Å². The molecule has 248 valence electrons. The number of hydrogen-bond acceptors (Lipinski definition) is 9. The number of likely N-dealkylation sites (tertiary alicyclic amines) is 1. The molecule has 7 atom stereocenters. The summed E-state index contributed by atoms with van der Waals surface area (Å²) in [6, 6.07) is 14.1. The number of rotatable bonds is 7. The second-order valence-electron chi connectivity index (χ2n) is 12.0. The molecule has 47 heavy (non-hydrogen) atoms. The van der Waals surface area contributed by atoms with Gasteiger partial charge in [0, 0.05) is 32.3 Å². The van der Waals surface area contributed by atoms with Crippen molar-refractivity contribution in [1.82, 2.24) is 10.2 Å². The maximum Gasteiger partial charge on any atom is 0.313 e. The number of methoxy groups -OCH3 is 2. The van der Waals surface area contributed by atoms with Crippen molar-refractivity contribution in [2.45, 2.75) is 42.7 Å². The molecular weight excluding hydrogens is 606 g/mol.